The van der Waals surface area contributed by atoms with Crippen LogP contribution in [0.5, 0.6) is 5.75 Å². The Morgan fingerprint density at radius 3 is 2.35 bits per heavy atom. The molecule has 4 N–H and O–H groups in total. The van der Waals surface area contributed by atoms with Gasteiger partial charge in [-0.25, -0.2) is 0 Å². The van der Waals surface area contributed by atoms with Gasteiger partial charge in [0.05, 0.1) is 20.2 Å². The van der Waals surface area contributed by atoms with Gasteiger partial charge in [-0.05, 0) is 43.5 Å². The number of nitrogens with one attached hydrogen (secondary N) is 1. The van der Waals surface area contributed by atoms with E-state index in [0.717, 1.165) is 12.3 Å². The van der Waals surface area contributed by atoms with Gasteiger partial charge in [-0.3, -0.25) is 0 Å². The highest BCUT2D eigenvalue weighted by atomic mass is 16.5. The van der Waals surface area contributed by atoms with E-state index in [2.05, 4.69) is 30.0 Å². The minimum Gasteiger partial charge on any atom is -0.497 e. The van der Waals surface area contributed by atoms with Crippen LogP contribution in [0.25, 0.3) is 0 Å². The molecule has 3 heteroatoms. The largest absolute Gasteiger partial charge is 0.497 e. The molecule has 1 aromatic rings. The summed E-state index contributed by atoms with van der Waals surface area (Å²) in [6, 6.07) is 9.05. The summed E-state index contributed by atoms with van der Waals surface area (Å²) in [7, 11) is 1.71. The van der Waals surface area contributed by atoms with E-state index in [1.54, 1.807) is 12.0 Å². The number of ether oxygens (including phenoxy) is 1. The molecular formula is C14H24N2O+2. The average molecular weight is 236 g/mol. The maximum Gasteiger partial charge on any atom is 0.162 e. The molecule has 1 heterocycles. The molecule has 1 aliphatic heterocycles. The fraction of sp³-hybridized carbons (Fsp3) is 0.571. The molecule has 0 saturated carbocycles. The van der Waals surface area contributed by atoms with E-state index < -0.39 is 0 Å². The third-order valence-corrected chi connectivity index (χ3v) is 3.80. The first kappa shape index (κ1) is 12.4. The Labute approximate surface area is 104 Å². The Morgan fingerprint density at radius 1 is 1.18 bits per heavy atom. The van der Waals surface area contributed by atoms with Gasteiger partial charge in [0.2, 0.25) is 0 Å². The van der Waals surface area contributed by atoms with Crippen LogP contribution in [-0.2, 0) is 0 Å². The van der Waals surface area contributed by atoms with E-state index in [1.165, 1.54) is 37.9 Å². The molecule has 1 aliphatic rings. The third-order valence-electron chi connectivity index (χ3n) is 3.80. The number of piperidine rings is 1. The van der Waals surface area contributed by atoms with Gasteiger partial charge in [0.15, 0.2) is 6.04 Å². The van der Waals surface area contributed by atoms with Crippen molar-refractivity contribution in [3.63, 3.8) is 0 Å². The summed E-state index contributed by atoms with van der Waals surface area (Å²) < 4.78 is 5.21. The van der Waals surface area contributed by atoms with Crippen molar-refractivity contribution in [1.82, 2.24) is 0 Å². The van der Waals surface area contributed by atoms with Crippen LogP contribution in [0.1, 0.15) is 30.9 Å². The molecule has 0 aromatic heterocycles. The molecule has 1 aromatic carbocycles. The van der Waals surface area contributed by atoms with E-state index >= 15 is 0 Å². The van der Waals surface area contributed by atoms with Crippen molar-refractivity contribution < 1.29 is 15.4 Å². The zero-order valence-corrected chi connectivity index (χ0v) is 10.7. The van der Waals surface area contributed by atoms with Gasteiger partial charge in [0.25, 0.3) is 0 Å². The monoisotopic (exact) mass is 236 g/mol. The van der Waals surface area contributed by atoms with E-state index in [4.69, 9.17) is 4.74 Å². The Balaban J connectivity index is 2.10. The molecule has 3 nitrogen and oxygen atoms in total. The van der Waals surface area contributed by atoms with Gasteiger partial charge in [0, 0.05) is 5.56 Å². The first-order chi connectivity index (χ1) is 8.35. The Kier molecular flexibility index (Phi) is 4.40. The third kappa shape index (κ3) is 2.99. The Bertz CT molecular complexity index is 331. The van der Waals surface area contributed by atoms with Crippen LogP contribution in [0.3, 0.4) is 0 Å². The van der Waals surface area contributed by atoms with Gasteiger partial charge in [-0.2, -0.15) is 0 Å². The summed E-state index contributed by atoms with van der Waals surface area (Å²) in [5.74, 6) is 0.935. The summed E-state index contributed by atoms with van der Waals surface area (Å²) in [5, 5.41) is 0. The molecular weight excluding hydrogens is 212 g/mol. The van der Waals surface area contributed by atoms with Gasteiger partial charge in [0.1, 0.15) is 12.3 Å². The maximum absolute atomic E-state index is 5.21. The van der Waals surface area contributed by atoms with Gasteiger partial charge < -0.3 is 15.4 Å². The number of quaternary nitrogens is 2. The van der Waals surface area contributed by atoms with Gasteiger partial charge >= 0.3 is 0 Å². The van der Waals surface area contributed by atoms with E-state index in [-0.39, 0.29) is 0 Å². The molecule has 94 valence electrons. The minimum absolute atomic E-state index is 0.557. The molecule has 1 fully saturated rings. The highest BCUT2D eigenvalue weighted by Crippen LogP contribution is 2.15. The summed E-state index contributed by atoms with van der Waals surface area (Å²) in [6.45, 7) is 3.57. The van der Waals surface area contributed by atoms with Crippen LogP contribution in [-0.4, -0.2) is 26.7 Å². The lowest BCUT2D eigenvalue weighted by atomic mass is 10.0. The first-order valence-corrected chi connectivity index (χ1v) is 6.63. The second kappa shape index (κ2) is 6.03. The van der Waals surface area contributed by atoms with Crippen LogP contribution < -0.4 is 15.4 Å². The second-order valence-corrected chi connectivity index (χ2v) is 4.83. The van der Waals surface area contributed by atoms with Crippen LogP contribution in [0, 0.1) is 0 Å². The van der Waals surface area contributed by atoms with Crippen molar-refractivity contribution >= 4 is 0 Å². The smallest absolute Gasteiger partial charge is 0.162 e. The summed E-state index contributed by atoms with van der Waals surface area (Å²) in [6.07, 6.45) is 4.12. The average Bonchev–Trinajstić information content (AvgIpc) is 2.42. The maximum atomic E-state index is 5.21. The predicted octanol–water partition coefficient (Wildman–Crippen LogP) is 0.0470. The van der Waals surface area contributed by atoms with Crippen molar-refractivity contribution in [1.29, 1.82) is 0 Å². The summed E-state index contributed by atoms with van der Waals surface area (Å²) in [5.41, 5.74) is 5.53. The fourth-order valence-electron chi connectivity index (χ4n) is 2.80. The number of rotatable bonds is 4. The Morgan fingerprint density at radius 2 is 1.82 bits per heavy atom. The number of likely N-dealkylation sites (tertiary alicyclic amines) is 1. The number of methoxy groups -OCH3 is 1. The van der Waals surface area contributed by atoms with Crippen molar-refractivity contribution in [3.05, 3.63) is 29.8 Å². The molecule has 0 radical (unpaired) electrons. The summed E-state index contributed by atoms with van der Waals surface area (Å²) in [4.78, 5) is 1.71. The number of hydrogen-bond donors (Lipinski definition) is 2. The summed E-state index contributed by atoms with van der Waals surface area (Å²) >= 11 is 0. The van der Waals surface area contributed by atoms with E-state index in [9.17, 15) is 0 Å². The molecule has 0 spiro atoms. The van der Waals surface area contributed by atoms with Crippen LogP contribution in [0.15, 0.2) is 24.3 Å². The SMILES string of the molecule is COc1ccc([C@@H](C[NH3+])[NH+]2CCCCC2)cc1. The van der Waals surface area contributed by atoms with Crippen molar-refractivity contribution in [2.24, 2.45) is 0 Å². The first-order valence-electron chi connectivity index (χ1n) is 6.63. The molecule has 2 rings (SSSR count). The lowest BCUT2D eigenvalue weighted by Gasteiger charge is -2.30. The highest BCUT2D eigenvalue weighted by molar-refractivity contribution is 5.28. The molecule has 0 bridgehead atoms. The van der Waals surface area contributed by atoms with Crippen molar-refractivity contribution in [2.75, 3.05) is 26.7 Å². The second-order valence-electron chi connectivity index (χ2n) is 4.83. The zero-order chi connectivity index (χ0) is 12.1. The van der Waals surface area contributed by atoms with Gasteiger partial charge in [-0.1, -0.05) is 0 Å². The Hall–Kier alpha value is -1.06. The highest BCUT2D eigenvalue weighted by Gasteiger charge is 2.26. The molecule has 0 amide bonds. The molecule has 0 unspecified atom stereocenters. The number of hydrogen-bond acceptors (Lipinski definition) is 1. The molecule has 17 heavy (non-hydrogen) atoms. The lowest BCUT2D eigenvalue weighted by Crippen LogP contribution is -3.14. The quantitative estimate of drug-likeness (QED) is 0.762. The van der Waals surface area contributed by atoms with Crippen LogP contribution in [0.2, 0.25) is 0 Å². The van der Waals surface area contributed by atoms with Crippen molar-refractivity contribution in [2.45, 2.75) is 25.3 Å². The number of benzene rings is 1. The van der Waals surface area contributed by atoms with Crippen LogP contribution >= 0.6 is 0 Å². The van der Waals surface area contributed by atoms with Gasteiger partial charge in [-0.15, -0.1) is 0 Å². The minimum atomic E-state index is 0.557. The van der Waals surface area contributed by atoms with E-state index in [0.29, 0.717) is 6.04 Å². The topological polar surface area (TPSA) is 41.3 Å². The zero-order valence-electron chi connectivity index (χ0n) is 10.7. The molecule has 1 saturated heterocycles. The molecule has 1 atom stereocenters. The normalized spacial score (nSPS) is 18.9. The lowest BCUT2D eigenvalue weighted by molar-refractivity contribution is -0.942. The standard InChI is InChI=1S/C14H22N2O/c1-17-13-7-5-12(6-8-13)14(11-15)16-9-3-2-4-10-16/h5-8,14H,2-4,9-11,15H2,1H3/p+2/t14-/m1/s1. The molecule has 0 aliphatic carbocycles. The van der Waals surface area contributed by atoms with E-state index in [1.807, 2.05) is 0 Å². The van der Waals surface area contributed by atoms with Crippen molar-refractivity contribution in [3.8, 4) is 5.75 Å². The van der Waals surface area contributed by atoms with Crippen LogP contribution in [0.4, 0.5) is 0 Å². The predicted molar refractivity (Wildman–Crippen MR) is 68.0 cm³/mol. The fourth-order valence-corrected chi connectivity index (χ4v) is 2.80.